The number of fused-ring (bicyclic) bond motifs is 1. The Balaban J connectivity index is 1.58. The van der Waals surface area contributed by atoms with Gasteiger partial charge in [-0.1, -0.05) is 71.2 Å². The third-order valence-corrected chi connectivity index (χ3v) is 7.80. The molecule has 1 unspecified atom stereocenters. The van der Waals surface area contributed by atoms with Crippen LogP contribution in [0, 0.1) is 6.92 Å². The monoisotopic (exact) mass is 503 g/mol. The highest BCUT2D eigenvalue weighted by Gasteiger charge is 2.32. The van der Waals surface area contributed by atoms with E-state index < -0.39 is 16.2 Å². The molecule has 1 aliphatic rings. The Morgan fingerprint density at radius 1 is 1.03 bits per heavy atom. The lowest BCUT2D eigenvalue weighted by atomic mass is 9.92. The van der Waals surface area contributed by atoms with Crippen LogP contribution in [0.5, 0.6) is 0 Å². The van der Waals surface area contributed by atoms with Crippen LogP contribution in [-0.2, 0) is 31.9 Å². The van der Waals surface area contributed by atoms with Gasteiger partial charge in [-0.2, -0.15) is 8.42 Å². The van der Waals surface area contributed by atoms with Gasteiger partial charge in [0.2, 0.25) is 5.91 Å². The van der Waals surface area contributed by atoms with Crippen LogP contribution in [0.15, 0.2) is 71.6 Å². The number of rotatable bonds is 6. The van der Waals surface area contributed by atoms with E-state index in [1.807, 2.05) is 31.2 Å². The largest absolute Gasteiger partial charge is 0.333 e. The Morgan fingerprint density at radius 3 is 2.48 bits per heavy atom. The van der Waals surface area contributed by atoms with E-state index in [0.717, 1.165) is 22.3 Å². The van der Waals surface area contributed by atoms with Crippen LogP contribution in [0.2, 0.25) is 10.0 Å². The smallest absolute Gasteiger partial charge is 0.297 e. The molecule has 5 nitrogen and oxygen atoms in total. The van der Waals surface area contributed by atoms with Crippen LogP contribution in [0.4, 0.5) is 0 Å². The third kappa shape index (κ3) is 5.41. The SMILES string of the molecule is Cc1ccc(S(=O)(=O)OCC2c3ccccc3CCN2C(=O)Cc2ccc(Cl)c(Cl)c2)cc1. The Kier molecular flexibility index (Phi) is 7.10. The number of carbonyl (C=O) groups is 1. The summed E-state index contributed by atoms with van der Waals surface area (Å²) in [5.41, 5.74) is 3.66. The average molecular weight is 504 g/mol. The molecule has 3 aromatic rings. The number of hydrogen-bond donors (Lipinski definition) is 0. The number of nitrogens with zero attached hydrogens (tertiary/aromatic N) is 1. The van der Waals surface area contributed by atoms with Gasteiger partial charge in [0.1, 0.15) is 0 Å². The van der Waals surface area contributed by atoms with Gasteiger partial charge in [-0.05, 0) is 54.3 Å². The number of halogens is 2. The van der Waals surface area contributed by atoms with Gasteiger partial charge in [-0.25, -0.2) is 0 Å². The van der Waals surface area contributed by atoms with Gasteiger partial charge in [0.05, 0.1) is 34.0 Å². The maximum Gasteiger partial charge on any atom is 0.297 e. The Labute approximate surface area is 204 Å². The summed E-state index contributed by atoms with van der Waals surface area (Å²) in [6, 6.07) is 18.8. The summed E-state index contributed by atoms with van der Waals surface area (Å²) in [4.78, 5) is 15.0. The second-order valence-corrected chi connectivity index (χ2v) is 10.5. The summed E-state index contributed by atoms with van der Waals surface area (Å²) in [6.07, 6.45) is 0.810. The molecule has 0 aromatic heterocycles. The van der Waals surface area contributed by atoms with Crippen LogP contribution in [0.3, 0.4) is 0 Å². The third-order valence-electron chi connectivity index (χ3n) is 5.76. The summed E-state index contributed by atoms with van der Waals surface area (Å²) < 4.78 is 31.0. The van der Waals surface area contributed by atoms with Gasteiger partial charge in [-0.3, -0.25) is 8.98 Å². The molecule has 33 heavy (non-hydrogen) atoms. The Morgan fingerprint density at radius 2 is 1.76 bits per heavy atom. The number of hydrogen-bond acceptors (Lipinski definition) is 4. The zero-order chi connectivity index (χ0) is 23.6. The van der Waals surface area contributed by atoms with Crippen LogP contribution in [0.25, 0.3) is 0 Å². The lowest BCUT2D eigenvalue weighted by Gasteiger charge is -2.37. The van der Waals surface area contributed by atoms with E-state index in [9.17, 15) is 13.2 Å². The predicted molar refractivity (Wildman–Crippen MR) is 129 cm³/mol. The van der Waals surface area contributed by atoms with Crippen LogP contribution in [-0.4, -0.2) is 32.4 Å². The molecule has 1 atom stereocenters. The van der Waals surface area contributed by atoms with Gasteiger partial charge in [0.15, 0.2) is 0 Å². The molecule has 0 spiro atoms. The molecule has 8 heteroatoms. The first-order valence-electron chi connectivity index (χ1n) is 10.5. The number of amides is 1. The molecule has 0 bridgehead atoms. The van der Waals surface area contributed by atoms with Crippen LogP contribution < -0.4 is 0 Å². The molecule has 0 radical (unpaired) electrons. The van der Waals surface area contributed by atoms with E-state index in [-0.39, 0.29) is 23.8 Å². The van der Waals surface area contributed by atoms with Crippen molar-refractivity contribution in [2.45, 2.75) is 30.7 Å². The first-order chi connectivity index (χ1) is 15.7. The summed E-state index contributed by atoms with van der Waals surface area (Å²) in [7, 11) is -3.97. The summed E-state index contributed by atoms with van der Waals surface area (Å²) in [5.74, 6) is -0.135. The number of carbonyl (C=O) groups excluding carboxylic acids is 1. The second kappa shape index (κ2) is 9.85. The maximum atomic E-state index is 13.3. The van der Waals surface area contributed by atoms with Gasteiger partial charge in [-0.15, -0.1) is 0 Å². The van der Waals surface area contributed by atoms with Crippen molar-refractivity contribution in [1.82, 2.24) is 4.90 Å². The van der Waals surface area contributed by atoms with E-state index in [2.05, 4.69) is 0 Å². The van der Waals surface area contributed by atoms with Crippen molar-refractivity contribution in [2.24, 2.45) is 0 Å². The Hall–Kier alpha value is -2.38. The molecule has 1 aliphatic heterocycles. The molecule has 0 fully saturated rings. The Bertz CT molecular complexity index is 1280. The second-order valence-electron chi connectivity index (χ2n) is 8.03. The minimum absolute atomic E-state index is 0.0888. The molecule has 172 valence electrons. The van der Waals surface area contributed by atoms with E-state index >= 15 is 0 Å². The maximum absolute atomic E-state index is 13.3. The van der Waals surface area contributed by atoms with Gasteiger partial charge >= 0.3 is 0 Å². The molecule has 0 aliphatic carbocycles. The predicted octanol–water partition coefficient (Wildman–Crippen LogP) is 5.38. The molecule has 3 aromatic carbocycles. The van der Waals surface area contributed by atoms with Crippen LogP contribution >= 0.6 is 23.2 Å². The highest BCUT2D eigenvalue weighted by molar-refractivity contribution is 7.86. The summed E-state index contributed by atoms with van der Waals surface area (Å²) >= 11 is 12.1. The number of aryl methyl sites for hydroxylation is 1. The van der Waals surface area contributed by atoms with Crippen molar-refractivity contribution < 1.29 is 17.4 Å². The lowest BCUT2D eigenvalue weighted by Crippen LogP contribution is -2.43. The molecular formula is C25H23Cl2NO4S. The normalized spacial score (nSPS) is 15.8. The van der Waals surface area contributed by atoms with Crippen molar-refractivity contribution >= 4 is 39.2 Å². The summed E-state index contributed by atoms with van der Waals surface area (Å²) in [6.45, 7) is 2.18. The fraction of sp³-hybridized carbons (Fsp3) is 0.240. The minimum atomic E-state index is -3.97. The van der Waals surface area contributed by atoms with E-state index in [4.69, 9.17) is 27.4 Å². The zero-order valence-corrected chi connectivity index (χ0v) is 20.3. The van der Waals surface area contributed by atoms with Crippen LogP contribution in [0.1, 0.15) is 28.3 Å². The van der Waals surface area contributed by atoms with E-state index in [0.29, 0.717) is 23.0 Å². The van der Waals surface area contributed by atoms with Gasteiger partial charge < -0.3 is 4.90 Å². The van der Waals surface area contributed by atoms with E-state index in [1.165, 1.54) is 12.1 Å². The molecular weight excluding hydrogens is 481 g/mol. The standard InChI is InChI=1S/C25H23Cl2NO4S/c1-17-6-9-20(10-7-17)33(30,31)32-16-24-21-5-3-2-4-19(21)12-13-28(24)25(29)15-18-8-11-22(26)23(27)14-18/h2-11,14,24H,12-13,15-16H2,1H3. The van der Waals surface area contributed by atoms with Crippen molar-refractivity contribution in [1.29, 1.82) is 0 Å². The van der Waals surface area contributed by atoms with Crippen molar-refractivity contribution in [2.75, 3.05) is 13.2 Å². The average Bonchev–Trinajstić information content (AvgIpc) is 2.80. The topological polar surface area (TPSA) is 63.7 Å². The quantitative estimate of drug-likeness (QED) is 0.423. The molecule has 4 rings (SSSR count). The van der Waals surface area contributed by atoms with Crippen molar-refractivity contribution in [3.8, 4) is 0 Å². The van der Waals surface area contributed by atoms with Crippen molar-refractivity contribution in [3.05, 3.63) is 99.0 Å². The molecule has 0 saturated heterocycles. The molecule has 1 heterocycles. The number of benzene rings is 3. The van der Waals surface area contributed by atoms with E-state index in [1.54, 1.807) is 35.2 Å². The molecule has 1 amide bonds. The fourth-order valence-electron chi connectivity index (χ4n) is 3.98. The van der Waals surface area contributed by atoms with Gasteiger partial charge in [0.25, 0.3) is 10.1 Å². The highest BCUT2D eigenvalue weighted by Crippen LogP contribution is 2.32. The minimum Gasteiger partial charge on any atom is -0.333 e. The lowest BCUT2D eigenvalue weighted by molar-refractivity contribution is -0.134. The molecule has 0 saturated carbocycles. The highest BCUT2D eigenvalue weighted by atomic mass is 35.5. The van der Waals surface area contributed by atoms with Gasteiger partial charge in [0, 0.05) is 6.54 Å². The first kappa shape index (κ1) is 23.8. The van der Waals surface area contributed by atoms with Crippen molar-refractivity contribution in [3.63, 3.8) is 0 Å². The summed E-state index contributed by atoms with van der Waals surface area (Å²) in [5, 5.41) is 0.808. The molecule has 0 N–H and O–H groups in total. The zero-order valence-electron chi connectivity index (χ0n) is 18.0. The fourth-order valence-corrected chi connectivity index (χ4v) is 5.22. The first-order valence-corrected chi connectivity index (χ1v) is 12.7.